The van der Waals surface area contributed by atoms with Gasteiger partial charge in [-0.15, -0.1) is 0 Å². The molecule has 6 heteroatoms. The minimum Gasteiger partial charge on any atom is -0.497 e. The quantitative estimate of drug-likeness (QED) is 0.447. The van der Waals surface area contributed by atoms with Gasteiger partial charge < -0.3 is 20.7 Å². The molecule has 1 aliphatic rings. The molecule has 1 aliphatic heterocycles. The number of anilines is 2. The third kappa shape index (κ3) is 5.89. The second-order valence-corrected chi connectivity index (χ2v) is 6.64. The Kier molecular flexibility index (Phi) is 6.93. The fraction of sp³-hybridized carbons (Fsp3) is 0.381. The lowest BCUT2D eigenvalue weighted by Crippen LogP contribution is -2.46. The zero-order chi connectivity index (χ0) is 18.9. The highest BCUT2D eigenvalue weighted by atomic mass is 16.5. The fourth-order valence-electron chi connectivity index (χ4n) is 3.23. The lowest BCUT2D eigenvalue weighted by Gasteiger charge is -2.36. The maximum absolute atomic E-state index is 5.94. The number of hydrogen-bond donors (Lipinski definition) is 2. The molecule has 0 bridgehead atoms. The van der Waals surface area contributed by atoms with Crippen molar-refractivity contribution in [3.05, 3.63) is 54.6 Å². The number of rotatable bonds is 7. The van der Waals surface area contributed by atoms with E-state index in [1.165, 1.54) is 5.69 Å². The number of piperazine rings is 1. The van der Waals surface area contributed by atoms with Gasteiger partial charge >= 0.3 is 0 Å². The maximum atomic E-state index is 5.94. The van der Waals surface area contributed by atoms with E-state index in [4.69, 9.17) is 10.5 Å². The monoisotopic (exact) mass is 367 g/mol. The van der Waals surface area contributed by atoms with E-state index in [1.807, 2.05) is 42.5 Å². The van der Waals surface area contributed by atoms with Gasteiger partial charge in [-0.1, -0.05) is 18.2 Å². The number of nitrogens with two attached hydrogens (primary N) is 1. The third-order valence-electron chi connectivity index (χ3n) is 4.77. The molecule has 1 saturated heterocycles. The molecule has 0 saturated carbocycles. The molecule has 144 valence electrons. The van der Waals surface area contributed by atoms with Crippen molar-refractivity contribution in [1.82, 2.24) is 4.90 Å². The number of aliphatic imine (C=N–C) groups is 1. The van der Waals surface area contributed by atoms with Crippen LogP contribution < -0.4 is 20.7 Å². The van der Waals surface area contributed by atoms with E-state index in [-0.39, 0.29) is 0 Å². The molecule has 0 spiro atoms. The number of benzene rings is 2. The van der Waals surface area contributed by atoms with Crippen molar-refractivity contribution < 1.29 is 4.74 Å². The highest BCUT2D eigenvalue weighted by Crippen LogP contribution is 2.20. The van der Waals surface area contributed by atoms with Crippen molar-refractivity contribution in [1.29, 1.82) is 0 Å². The molecule has 0 radical (unpaired) electrons. The van der Waals surface area contributed by atoms with Crippen LogP contribution in [0.3, 0.4) is 0 Å². The van der Waals surface area contributed by atoms with Crippen LogP contribution in [-0.4, -0.2) is 57.2 Å². The number of para-hydroxylation sites is 1. The van der Waals surface area contributed by atoms with Crippen molar-refractivity contribution in [2.45, 2.75) is 6.42 Å². The van der Waals surface area contributed by atoms with Crippen molar-refractivity contribution in [3.8, 4) is 5.75 Å². The zero-order valence-electron chi connectivity index (χ0n) is 16.0. The Morgan fingerprint density at radius 3 is 2.41 bits per heavy atom. The summed E-state index contributed by atoms with van der Waals surface area (Å²) in [5, 5.41) is 3.11. The van der Waals surface area contributed by atoms with Gasteiger partial charge in [-0.3, -0.25) is 9.89 Å². The Morgan fingerprint density at radius 1 is 1.04 bits per heavy atom. The van der Waals surface area contributed by atoms with Crippen molar-refractivity contribution in [2.24, 2.45) is 10.7 Å². The van der Waals surface area contributed by atoms with Crippen LogP contribution in [0, 0.1) is 0 Å². The highest BCUT2D eigenvalue weighted by molar-refractivity contribution is 5.92. The highest BCUT2D eigenvalue weighted by Gasteiger charge is 2.16. The second-order valence-electron chi connectivity index (χ2n) is 6.64. The molecule has 0 amide bonds. The van der Waals surface area contributed by atoms with Crippen LogP contribution in [-0.2, 0) is 0 Å². The van der Waals surface area contributed by atoms with Crippen LogP contribution in [0.5, 0.6) is 5.75 Å². The van der Waals surface area contributed by atoms with Gasteiger partial charge in [0, 0.05) is 50.6 Å². The predicted octanol–water partition coefficient (Wildman–Crippen LogP) is 2.63. The molecule has 2 aromatic rings. The number of guanidine groups is 1. The SMILES string of the molecule is COc1ccc(N2CCN(CCCN=C(N)Nc3ccccc3)CC2)cc1. The first-order chi connectivity index (χ1) is 13.2. The molecule has 0 aliphatic carbocycles. The van der Waals surface area contributed by atoms with Gasteiger partial charge in [0.1, 0.15) is 5.75 Å². The van der Waals surface area contributed by atoms with Crippen LogP contribution in [0.4, 0.5) is 11.4 Å². The predicted molar refractivity (Wildman–Crippen MR) is 113 cm³/mol. The summed E-state index contributed by atoms with van der Waals surface area (Å²) in [6.07, 6.45) is 1.01. The first kappa shape index (κ1) is 19.0. The maximum Gasteiger partial charge on any atom is 0.193 e. The number of ether oxygens (including phenoxy) is 1. The van der Waals surface area contributed by atoms with Gasteiger partial charge in [-0.25, -0.2) is 0 Å². The van der Waals surface area contributed by atoms with E-state index in [9.17, 15) is 0 Å². The number of hydrogen-bond acceptors (Lipinski definition) is 4. The van der Waals surface area contributed by atoms with Gasteiger partial charge in [0.05, 0.1) is 7.11 Å². The largest absolute Gasteiger partial charge is 0.497 e. The summed E-state index contributed by atoms with van der Waals surface area (Å²) in [7, 11) is 1.70. The molecule has 6 nitrogen and oxygen atoms in total. The summed E-state index contributed by atoms with van der Waals surface area (Å²) in [5.41, 5.74) is 8.17. The van der Waals surface area contributed by atoms with Gasteiger partial charge in [-0.05, 0) is 42.8 Å². The molecule has 0 atom stereocenters. The minimum atomic E-state index is 0.477. The van der Waals surface area contributed by atoms with Crippen LogP contribution in [0.1, 0.15) is 6.42 Å². The van der Waals surface area contributed by atoms with Gasteiger partial charge in [0.25, 0.3) is 0 Å². The fourth-order valence-corrected chi connectivity index (χ4v) is 3.23. The number of methoxy groups -OCH3 is 1. The molecule has 0 unspecified atom stereocenters. The lowest BCUT2D eigenvalue weighted by atomic mass is 10.2. The summed E-state index contributed by atoms with van der Waals surface area (Å²) in [4.78, 5) is 9.34. The Labute approximate surface area is 161 Å². The van der Waals surface area contributed by atoms with E-state index in [2.05, 4.69) is 32.2 Å². The first-order valence-electron chi connectivity index (χ1n) is 9.48. The number of nitrogens with one attached hydrogen (secondary N) is 1. The molecule has 1 fully saturated rings. The Hall–Kier alpha value is -2.73. The van der Waals surface area contributed by atoms with Crippen molar-refractivity contribution >= 4 is 17.3 Å². The summed E-state index contributed by atoms with van der Waals surface area (Å²) in [6, 6.07) is 18.2. The molecule has 0 aromatic heterocycles. The smallest absolute Gasteiger partial charge is 0.193 e. The average Bonchev–Trinajstić information content (AvgIpc) is 2.72. The van der Waals surface area contributed by atoms with E-state index in [1.54, 1.807) is 7.11 Å². The molecule has 3 rings (SSSR count). The average molecular weight is 367 g/mol. The summed E-state index contributed by atoms with van der Waals surface area (Å²) in [5.74, 6) is 1.38. The Bertz CT molecular complexity index is 709. The normalized spacial score (nSPS) is 15.6. The lowest BCUT2D eigenvalue weighted by molar-refractivity contribution is 0.256. The second kappa shape index (κ2) is 9.83. The molecule has 2 aromatic carbocycles. The molecular formula is C21H29N5O. The topological polar surface area (TPSA) is 66.1 Å². The molecule has 3 N–H and O–H groups in total. The van der Waals surface area contributed by atoms with Gasteiger partial charge in [-0.2, -0.15) is 0 Å². The summed E-state index contributed by atoms with van der Waals surface area (Å²) in [6.45, 7) is 6.05. The van der Waals surface area contributed by atoms with E-state index in [0.717, 1.165) is 57.1 Å². The zero-order valence-corrected chi connectivity index (χ0v) is 16.0. The van der Waals surface area contributed by atoms with Crippen molar-refractivity contribution in [2.75, 3.05) is 56.6 Å². The van der Waals surface area contributed by atoms with E-state index < -0.39 is 0 Å². The van der Waals surface area contributed by atoms with Crippen LogP contribution >= 0.6 is 0 Å². The van der Waals surface area contributed by atoms with Gasteiger partial charge in [0.15, 0.2) is 5.96 Å². The molecule has 27 heavy (non-hydrogen) atoms. The van der Waals surface area contributed by atoms with Crippen LogP contribution in [0.25, 0.3) is 0 Å². The van der Waals surface area contributed by atoms with E-state index in [0.29, 0.717) is 5.96 Å². The van der Waals surface area contributed by atoms with E-state index >= 15 is 0 Å². The first-order valence-corrected chi connectivity index (χ1v) is 9.48. The van der Waals surface area contributed by atoms with Crippen LogP contribution in [0.2, 0.25) is 0 Å². The standard InChI is InChI=1S/C21H29N5O/c1-27-20-10-8-19(9-11-20)26-16-14-25(15-17-26)13-5-12-23-21(22)24-18-6-3-2-4-7-18/h2-4,6-11H,5,12-17H2,1H3,(H3,22,23,24). The number of nitrogens with zero attached hydrogens (tertiary/aromatic N) is 3. The van der Waals surface area contributed by atoms with Gasteiger partial charge in [0.2, 0.25) is 0 Å². The summed E-state index contributed by atoms with van der Waals surface area (Å²) >= 11 is 0. The minimum absolute atomic E-state index is 0.477. The Balaban J connectivity index is 1.35. The molecule has 1 heterocycles. The Morgan fingerprint density at radius 2 is 1.74 bits per heavy atom. The van der Waals surface area contributed by atoms with Crippen LogP contribution in [0.15, 0.2) is 59.6 Å². The summed E-state index contributed by atoms with van der Waals surface area (Å²) < 4.78 is 5.23. The molecular weight excluding hydrogens is 338 g/mol. The van der Waals surface area contributed by atoms with Crippen molar-refractivity contribution in [3.63, 3.8) is 0 Å². The third-order valence-corrected chi connectivity index (χ3v) is 4.77.